The number of rotatable bonds is 2. The van der Waals surface area contributed by atoms with Crippen molar-refractivity contribution in [1.82, 2.24) is 4.90 Å². The molecule has 0 radical (unpaired) electrons. The Bertz CT molecular complexity index is 470. The molecule has 108 valence electrons. The van der Waals surface area contributed by atoms with E-state index in [2.05, 4.69) is 0 Å². The van der Waals surface area contributed by atoms with Gasteiger partial charge in [0.2, 0.25) is 0 Å². The minimum absolute atomic E-state index is 0.132. The van der Waals surface area contributed by atoms with Crippen LogP contribution in [0.15, 0.2) is 30.3 Å². The van der Waals surface area contributed by atoms with E-state index in [0.717, 1.165) is 18.4 Å². The van der Waals surface area contributed by atoms with Crippen LogP contribution in [0.5, 0.6) is 0 Å². The Hall–Kier alpha value is -1.55. The third kappa shape index (κ3) is 2.66. The molecule has 4 nitrogen and oxygen atoms in total. The highest BCUT2D eigenvalue weighted by atomic mass is 16.6. The van der Waals surface area contributed by atoms with E-state index in [-0.39, 0.29) is 18.2 Å². The van der Waals surface area contributed by atoms with Crippen molar-refractivity contribution in [2.75, 3.05) is 0 Å². The summed E-state index contributed by atoms with van der Waals surface area (Å²) in [6, 6.07) is 9.97. The molecule has 0 aromatic heterocycles. The lowest BCUT2D eigenvalue weighted by Crippen LogP contribution is -2.52. The minimum Gasteiger partial charge on any atom is -0.445 e. The van der Waals surface area contributed by atoms with Crippen molar-refractivity contribution in [1.29, 1.82) is 0 Å². The van der Waals surface area contributed by atoms with Gasteiger partial charge in [0.1, 0.15) is 6.61 Å². The molecule has 2 unspecified atom stereocenters. The fourth-order valence-electron chi connectivity index (χ4n) is 3.55. The second kappa shape index (κ2) is 5.09. The summed E-state index contributed by atoms with van der Waals surface area (Å²) in [5.74, 6) is 0. The zero-order valence-electron chi connectivity index (χ0n) is 11.8. The molecule has 1 amide bonds. The zero-order valence-corrected chi connectivity index (χ0v) is 11.8. The minimum atomic E-state index is -0.637. The van der Waals surface area contributed by atoms with Crippen LogP contribution in [0.1, 0.15) is 38.2 Å². The number of ether oxygens (including phenoxy) is 1. The van der Waals surface area contributed by atoms with Crippen LogP contribution in [0.25, 0.3) is 0 Å². The number of amides is 1. The highest BCUT2D eigenvalue weighted by molar-refractivity contribution is 5.69. The third-order valence-corrected chi connectivity index (χ3v) is 4.39. The summed E-state index contributed by atoms with van der Waals surface area (Å²) in [7, 11) is 0. The molecule has 0 spiro atoms. The van der Waals surface area contributed by atoms with Crippen molar-refractivity contribution in [2.24, 2.45) is 0 Å². The molecule has 2 bridgehead atoms. The summed E-state index contributed by atoms with van der Waals surface area (Å²) in [6.45, 7) is 2.18. The molecule has 3 rings (SSSR count). The lowest BCUT2D eigenvalue weighted by molar-refractivity contribution is -0.0364. The van der Waals surface area contributed by atoms with Crippen molar-refractivity contribution in [3.8, 4) is 0 Å². The van der Waals surface area contributed by atoms with Crippen molar-refractivity contribution in [3.05, 3.63) is 35.9 Å². The Kier molecular flexibility index (Phi) is 3.42. The van der Waals surface area contributed by atoms with Crippen LogP contribution in [-0.4, -0.2) is 33.8 Å². The number of nitrogens with zero attached hydrogens (tertiary/aromatic N) is 1. The molecule has 2 aliphatic heterocycles. The van der Waals surface area contributed by atoms with Gasteiger partial charge in [-0.3, -0.25) is 0 Å². The molecule has 1 aromatic carbocycles. The first-order valence-electron chi connectivity index (χ1n) is 7.26. The average Bonchev–Trinajstić information content (AvgIpc) is 2.70. The SMILES string of the molecule is CC1(O)CC2CCC(C1)N2C(=O)OCc1ccccc1. The zero-order chi connectivity index (χ0) is 14.2. The predicted molar refractivity (Wildman–Crippen MR) is 75.1 cm³/mol. The first-order chi connectivity index (χ1) is 9.55. The Balaban J connectivity index is 1.61. The van der Waals surface area contributed by atoms with Crippen LogP contribution in [-0.2, 0) is 11.3 Å². The molecule has 1 N–H and O–H groups in total. The van der Waals surface area contributed by atoms with Crippen LogP contribution in [0.3, 0.4) is 0 Å². The van der Waals surface area contributed by atoms with Gasteiger partial charge in [-0.05, 0) is 38.2 Å². The summed E-state index contributed by atoms with van der Waals surface area (Å²) in [5, 5.41) is 10.2. The molecule has 1 aromatic rings. The van der Waals surface area contributed by atoms with E-state index in [9.17, 15) is 9.90 Å². The van der Waals surface area contributed by atoms with Gasteiger partial charge in [-0.25, -0.2) is 4.79 Å². The molecule has 0 saturated carbocycles. The summed E-state index contributed by atoms with van der Waals surface area (Å²) in [5.41, 5.74) is 0.361. The standard InChI is InChI=1S/C16H21NO3/c1-16(19)9-13-7-8-14(10-16)17(13)15(18)20-11-12-5-3-2-4-6-12/h2-6,13-14,19H,7-11H2,1H3. The Labute approximate surface area is 119 Å². The van der Waals surface area contributed by atoms with Gasteiger partial charge in [-0.2, -0.15) is 0 Å². The molecular formula is C16H21NO3. The molecular weight excluding hydrogens is 254 g/mol. The monoisotopic (exact) mass is 275 g/mol. The van der Waals surface area contributed by atoms with Gasteiger partial charge in [0.25, 0.3) is 0 Å². The maximum Gasteiger partial charge on any atom is 0.410 e. The normalized spacial score (nSPS) is 32.2. The fraction of sp³-hybridized carbons (Fsp3) is 0.562. The summed E-state index contributed by atoms with van der Waals surface area (Å²) in [4.78, 5) is 14.1. The maximum absolute atomic E-state index is 12.3. The van der Waals surface area contributed by atoms with Gasteiger partial charge in [0.15, 0.2) is 0 Å². The van der Waals surface area contributed by atoms with Crippen molar-refractivity contribution >= 4 is 6.09 Å². The second-order valence-corrected chi connectivity index (χ2v) is 6.24. The Morgan fingerprint density at radius 2 is 1.90 bits per heavy atom. The van der Waals surface area contributed by atoms with Gasteiger partial charge in [-0.15, -0.1) is 0 Å². The predicted octanol–water partition coefficient (Wildman–Crippen LogP) is 2.70. The van der Waals surface area contributed by atoms with Crippen LogP contribution in [0, 0.1) is 0 Å². The van der Waals surface area contributed by atoms with Gasteiger partial charge < -0.3 is 14.7 Å². The third-order valence-electron chi connectivity index (χ3n) is 4.39. The number of carbonyl (C=O) groups is 1. The van der Waals surface area contributed by atoms with Crippen molar-refractivity contribution < 1.29 is 14.6 Å². The lowest BCUT2D eigenvalue weighted by Gasteiger charge is -2.41. The van der Waals surface area contributed by atoms with E-state index in [4.69, 9.17) is 4.74 Å². The summed E-state index contributed by atoms with van der Waals surface area (Å²) >= 11 is 0. The number of fused-ring (bicyclic) bond motifs is 2. The first-order valence-corrected chi connectivity index (χ1v) is 7.26. The lowest BCUT2D eigenvalue weighted by atomic mass is 9.88. The van der Waals surface area contributed by atoms with Crippen molar-refractivity contribution in [3.63, 3.8) is 0 Å². The maximum atomic E-state index is 12.3. The molecule has 2 fully saturated rings. The van der Waals surface area contributed by atoms with E-state index in [1.807, 2.05) is 42.2 Å². The van der Waals surface area contributed by atoms with Gasteiger partial charge in [0.05, 0.1) is 5.60 Å². The van der Waals surface area contributed by atoms with E-state index in [1.165, 1.54) is 0 Å². The molecule has 2 aliphatic rings. The number of hydrogen-bond donors (Lipinski definition) is 1. The molecule has 20 heavy (non-hydrogen) atoms. The van der Waals surface area contributed by atoms with Crippen LogP contribution < -0.4 is 0 Å². The summed E-state index contributed by atoms with van der Waals surface area (Å²) < 4.78 is 5.42. The van der Waals surface area contributed by atoms with Crippen LogP contribution in [0.2, 0.25) is 0 Å². The molecule has 0 aliphatic carbocycles. The quantitative estimate of drug-likeness (QED) is 0.902. The molecule has 2 heterocycles. The highest BCUT2D eigenvalue weighted by Crippen LogP contribution is 2.40. The number of hydrogen-bond acceptors (Lipinski definition) is 3. The number of benzene rings is 1. The van der Waals surface area contributed by atoms with E-state index < -0.39 is 5.60 Å². The largest absolute Gasteiger partial charge is 0.445 e. The first kappa shape index (κ1) is 13.4. The smallest absolute Gasteiger partial charge is 0.410 e. The summed E-state index contributed by atoms with van der Waals surface area (Å²) in [6.07, 6.45) is 3.02. The van der Waals surface area contributed by atoms with Crippen LogP contribution >= 0.6 is 0 Å². The van der Waals surface area contributed by atoms with Crippen molar-refractivity contribution in [2.45, 2.75) is 56.9 Å². The van der Waals surface area contributed by atoms with Gasteiger partial charge >= 0.3 is 6.09 Å². The topological polar surface area (TPSA) is 49.8 Å². The molecule has 2 atom stereocenters. The highest BCUT2D eigenvalue weighted by Gasteiger charge is 2.47. The number of piperidine rings is 1. The van der Waals surface area contributed by atoms with E-state index in [1.54, 1.807) is 0 Å². The van der Waals surface area contributed by atoms with Gasteiger partial charge in [0, 0.05) is 12.1 Å². The second-order valence-electron chi connectivity index (χ2n) is 6.24. The Morgan fingerprint density at radius 3 is 2.50 bits per heavy atom. The van der Waals surface area contributed by atoms with E-state index >= 15 is 0 Å². The number of aliphatic hydroxyl groups is 1. The average molecular weight is 275 g/mol. The number of carbonyl (C=O) groups excluding carboxylic acids is 1. The van der Waals surface area contributed by atoms with Crippen LogP contribution in [0.4, 0.5) is 4.79 Å². The fourth-order valence-corrected chi connectivity index (χ4v) is 3.55. The molecule has 4 heteroatoms. The Morgan fingerprint density at radius 1 is 1.30 bits per heavy atom. The molecule has 2 saturated heterocycles. The van der Waals surface area contributed by atoms with E-state index in [0.29, 0.717) is 19.4 Å². The van der Waals surface area contributed by atoms with Gasteiger partial charge in [-0.1, -0.05) is 30.3 Å².